The summed E-state index contributed by atoms with van der Waals surface area (Å²) >= 11 is 0. The fraction of sp³-hybridized carbons (Fsp3) is 0. The minimum absolute atomic E-state index is 0.859. The topological polar surface area (TPSA) is 103 Å². The Morgan fingerprint density at radius 3 is 0.973 bits per heavy atom. The van der Waals surface area contributed by atoms with Gasteiger partial charge in [-0.25, -0.2) is 15.0 Å². The highest BCUT2D eigenvalue weighted by molar-refractivity contribution is 6.16. The van der Waals surface area contributed by atoms with Gasteiger partial charge in [-0.05, 0) is 260 Å². The monoisotopic (exact) mass is 1870 g/mol. The largest absolute Gasteiger partial charge is 0.299 e. The number of pyridine rings is 5. The number of fused-ring (bicyclic) bond motifs is 11. The first-order valence-corrected chi connectivity index (χ1v) is 49.7. The predicted molar refractivity (Wildman–Crippen MR) is 609 cm³/mol. The van der Waals surface area contributed by atoms with E-state index in [1.807, 2.05) is 73.2 Å². The van der Waals surface area contributed by atoms with Crippen LogP contribution in [-0.4, -0.2) is 48.3 Å². The van der Waals surface area contributed by atoms with Crippen LogP contribution >= 0.6 is 0 Å². The summed E-state index contributed by atoms with van der Waals surface area (Å²) in [7, 11) is 0. The highest BCUT2D eigenvalue weighted by atomic mass is 15.1. The molecule has 28 aromatic rings. The second-order valence-corrected chi connectivity index (χ2v) is 37.1. The van der Waals surface area contributed by atoms with Crippen LogP contribution in [0, 0.1) is 0 Å². The molecule has 0 amide bonds. The van der Waals surface area contributed by atoms with Crippen molar-refractivity contribution in [1.29, 1.82) is 0 Å². The maximum absolute atomic E-state index is 5.14. The molecule has 10 heteroatoms. The third kappa shape index (κ3) is 16.8. The van der Waals surface area contributed by atoms with Crippen molar-refractivity contribution >= 4 is 81.6 Å². The molecule has 147 heavy (non-hydrogen) atoms. The van der Waals surface area contributed by atoms with Crippen LogP contribution in [0.2, 0.25) is 0 Å². The van der Waals surface area contributed by atoms with E-state index in [-0.39, 0.29) is 0 Å². The van der Waals surface area contributed by atoms with Crippen LogP contribution in [0.5, 0.6) is 0 Å². The second kappa shape index (κ2) is 38.3. The highest BCUT2D eigenvalue weighted by Crippen LogP contribution is 2.47. The van der Waals surface area contributed by atoms with E-state index in [1.54, 1.807) is 0 Å². The SMILES string of the molecule is c1ccc(-c2c(-c3cccc(-c4cc(-c5ccccn5)cc(-c5cc6ccccc6c6ccccc56)c4)c3)nc3ccccn23)cc1.c1ccc(-c2c(-c3cccc(-c4cc(-c5cccnc5)cc(-c5cc6ccccc6c6ccccc56)c4)c3)nc3ccccn23)cc1.c1ccc(-c2nnc(-c3cc(-c4ccc(-c5nc6ccccn6c5-c5ccccc5)cc4)cc(-c4cccc5ccccc45)c3)c3ccccc23)cc1. The van der Waals surface area contributed by atoms with E-state index < -0.39 is 0 Å². The van der Waals surface area contributed by atoms with Gasteiger partial charge in [0.15, 0.2) is 0 Å². The number of hydrogen-bond acceptors (Lipinski definition) is 7. The maximum atomic E-state index is 5.14. The second-order valence-electron chi connectivity index (χ2n) is 37.1. The molecule has 0 aliphatic rings. The lowest BCUT2D eigenvalue weighted by atomic mass is 9.89. The summed E-state index contributed by atoms with van der Waals surface area (Å²) in [5, 5.41) is 24.3. The molecule has 0 saturated heterocycles. The molecule has 10 nitrogen and oxygen atoms in total. The Labute approximate surface area is 849 Å². The lowest BCUT2D eigenvalue weighted by Gasteiger charge is -2.15. The minimum atomic E-state index is 0.859. The van der Waals surface area contributed by atoms with Gasteiger partial charge in [0.25, 0.3) is 0 Å². The van der Waals surface area contributed by atoms with E-state index in [1.165, 1.54) is 76.1 Å². The summed E-state index contributed by atoms with van der Waals surface area (Å²) < 4.78 is 6.54. The third-order valence-corrected chi connectivity index (χ3v) is 28.2. The first kappa shape index (κ1) is 87.4. The van der Waals surface area contributed by atoms with E-state index in [4.69, 9.17) is 30.1 Å². The van der Waals surface area contributed by atoms with Crippen molar-refractivity contribution < 1.29 is 0 Å². The Balaban J connectivity index is 0.000000112. The number of aromatic nitrogens is 10. The highest BCUT2D eigenvalue weighted by Gasteiger charge is 2.25. The number of hydrogen-bond donors (Lipinski definition) is 0. The Bertz CT molecular complexity index is 9480. The quantitative estimate of drug-likeness (QED) is 0.0888. The normalized spacial score (nSPS) is 11.4. The van der Waals surface area contributed by atoms with E-state index in [0.717, 1.165) is 185 Å². The van der Waals surface area contributed by atoms with Crippen molar-refractivity contribution in [2.45, 2.75) is 0 Å². The molecule has 9 aromatic heterocycles. The van der Waals surface area contributed by atoms with E-state index in [0.29, 0.717) is 0 Å². The van der Waals surface area contributed by atoms with Crippen LogP contribution in [0.1, 0.15) is 0 Å². The average Bonchev–Trinajstić information content (AvgIpc) is 1.02. The van der Waals surface area contributed by atoms with Gasteiger partial charge >= 0.3 is 0 Å². The molecule has 0 aliphatic carbocycles. The van der Waals surface area contributed by atoms with Gasteiger partial charge in [0.05, 0.1) is 39.9 Å². The summed E-state index contributed by atoms with van der Waals surface area (Å²) in [6.07, 6.45) is 11.9. The minimum Gasteiger partial charge on any atom is -0.299 e. The average molecular weight is 1880 g/mol. The molecule has 0 unspecified atom stereocenters. The molecule has 0 radical (unpaired) electrons. The molecule has 0 saturated carbocycles. The molecule has 0 N–H and O–H groups in total. The first-order chi connectivity index (χ1) is 72.9. The molecule has 9 heterocycles. The van der Waals surface area contributed by atoms with Crippen molar-refractivity contribution in [3.8, 4) is 179 Å². The zero-order chi connectivity index (χ0) is 97.5. The lowest BCUT2D eigenvalue weighted by molar-refractivity contribution is 1.06. The number of benzene rings is 19. The fourth-order valence-electron chi connectivity index (χ4n) is 21.3. The third-order valence-electron chi connectivity index (χ3n) is 28.2. The van der Waals surface area contributed by atoms with Gasteiger partial charge in [-0.1, -0.05) is 376 Å². The van der Waals surface area contributed by atoms with E-state index in [2.05, 4.69) is 492 Å². The van der Waals surface area contributed by atoms with Crippen molar-refractivity contribution in [3.05, 3.63) is 547 Å². The van der Waals surface area contributed by atoms with Gasteiger partial charge in [-0.15, -0.1) is 10.2 Å². The molecule has 0 atom stereocenters. The summed E-state index contributed by atoms with van der Waals surface area (Å²) in [5.41, 5.74) is 37.4. The maximum Gasteiger partial charge on any atom is 0.137 e. The summed E-state index contributed by atoms with van der Waals surface area (Å²) in [6, 6.07) is 181. The van der Waals surface area contributed by atoms with Crippen molar-refractivity contribution in [2.75, 3.05) is 0 Å². The van der Waals surface area contributed by atoms with Crippen molar-refractivity contribution in [2.24, 2.45) is 0 Å². The molecular weight excluding hydrogens is 1790 g/mol. The molecule has 28 rings (SSSR count). The number of rotatable bonds is 16. The predicted octanol–water partition coefficient (Wildman–Crippen LogP) is 35.2. The van der Waals surface area contributed by atoms with Crippen LogP contribution in [0.3, 0.4) is 0 Å². The Kier molecular flexibility index (Phi) is 22.8. The zero-order valence-electron chi connectivity index (χ0n) is 79.9. The molecule has 19 aromatic carbocycles. The van der Waals surface area contributed by atoms with E-state index in [9.17, 15) is 0 Å². The Morgan fingerprint density at radius 2 is 0.483 bits per heavy atom. The van der Waals surface area contributed by atoms with Crippen LogP contribution < -0.4 is 0 Å². The van der Waals surface area contributed by atoms with Gasteiger partial charge in [0.2, 0.25) is 0 Å². The fourth-order valence-corrected chi connectivity index (χ4v) is 21.3. The molecule has 0 bridgehead atoms. The Morgan fingerprint density at radius 1 is 0.156 bits per heavy atom. The van der Waals surface area contributed by atoms with Crippen LogP contribution in [0.4, 0.5) is 0 Å². The molecule has 0 fully saturated rings. The van der Waals surface area contributed by atoms with Crippen LogP contribution in [0.25, 0.3) is 261 Å². The zero-order valence-corrected chi connectivity index (χ0v) is 79.9. The molecule has 688 valence electrons. The van der Waals surface area contributed by atoms with Crippen molar-refractivity contribution in [1.82, 2.24) is 48.3 Å². The van der Waals surface area contributed by atoms with E-state index >= 15 is 0 Å². The molecular formula is C137H90N10. The number of nitrogens with zero attached hydrogens (tertiary/aromatic N) is 10. The van der Waals surface area contributed by atoms with Gasteiger partial charge in [-0.2, -0.15) is 0 Å². The van der Waals surface area contributed by atoms with Gasteiger partial charge < -0.3 is 0 Å². The van der Waals surface area contributed by atoms with Gasteiger partial charge in [-0.3, -0.25) is 23.2 Å². The Hall–Kier alpha value is -19.8. The summed E-state index contributed by atoms with van der Waals surface area (Å²) in [4.78, 5) is 24.6. The molecule has 0 aliphatic heterocycles. The van der Waals surface area contributed by atoms with Crippen LogP contribution in [-0.2, 0) is 0 Å². The molecule has 0 spiro atoms. The first-order valence-electron chi connectivity index (χ1n) is 49.7. The van der Waals surface area contributed by atoms with Gasteiger partial charge in [0, 0.05) is 104 Å². The van der Waals surface area contributed by atoms with Crippen molar-refractivity contribution in [3.63, 3.8) is 0 Å². The lowest BCUT2D eigenvalue weighted by Crippen LogP contribution is -1.96. The smallest absolute Gasteiger partial charge is 0.137 e. The number of imidazole rings is 3. The van der Waals surface area contributed by atoms with Crippen LogP contribution in [0.15, 0.2) is 547 Å². The summed E-state index contributed by atoms with van der Waals surface area (Å²) in [5.74, 6) is 0. The summed E-state index contributed by atoms with van der Waals surface area (Å²) in [6.45, 7) is 0. The standard InChI is InChI=1S/C49H32N4.2C44H29N3/c1-3-15-35(16-4-1)46-43-21-9-10-22-44(43)47(52-51-46)40-31-38(30-39(32-40)42-23-13-19-34-14-7-8-20-41(34)42)33-25-27-36(28-26-33)48-49(37-17-5-2-6-18-37)53-29-12-11-24-45(53)50-48;1-2-13-30(14-3-1)44-43(46-42-22-9-11-24-47(42)44)33-17-12-16-31(25-33)34-26-35(28-36(27-34)41-21-8-10-23-45-41)40-29-32-15-4-5-18-37(32)38-19-6-7-20-39(38)40;1-2-12-30(13-3-1)44-43(46-42-21-8-9-23-47(42)44)33-16-10-15-31(24-33)35-25-36(34-17-11-22-45-29-34)27-37(26-35)41-28-32-14-4-5-18-38(32)39-19-6-7-20-40(39)41/h1-32H;2*1-29H. The van der Waals surface area contributed by atoms with Gasteiger partial charge in [0.1, 0.15) is 28.3 Å².